The topological polar surface area (TPSA) is 17.1 Å². The summed E-state index contributed by atoms with van der Waals surface area (Å²) in [5.41, 5.74) is 0. The minimum atomic E-state index is 0.320. The van der Waals surface area contributed by atoms with Gasteiger partial charge in [0.05, 0.1) is 4.88 Å². The lowest BCUT2D eigenvalue weighted by atomic mass is 10.1. The highest BCUT2D eigenvalue weighted by Gasteiger charge is 2.13. The summed E-state index contributed by atoms with van der Waals surface area (Å²) in [6, 6.07) is 13.3. The Morgan fingerprint density at radius 1 is 0.528 bits per heavy atom. The van der Waals surface area contributed by atoms with Crippen molar-refractivity contribution >= 4 is 39.8 Å². The van der Waals surface area contributed by atoms with Gasteiger partial charge < -0.3 is 0 Å². The highest BCUT2D eigenvalue weighted by atomic mass is 32.1. The minimum Gasteiger partial charge on any atom is -0.293 e. The Bertz CT molecular complexity index is 993. The summed E-state index contributed by atoms with van der Waals surface area (Å²) in [5, 5.41) is 0. The molecule has 36 heavy (non-hydrogen) atoms. The van der Waals surface area contributed by atoms with Crippen molar-refractivity contribution in [2.75, 3.05) is 0 Å². The Balaban J connectivity index is 1.40. The average Bonchev–Trinajstić information content (AvgIpc) is 3.65. The number of ketones is 1. The molecular formula is C32H46OS3. The second kappa shape index (κ2) is 17.3. The molecule has 0 amide bonds. The molecule has 4 heteroatoms. The van der Waals surface area contributed by atoms with Crippen LogP contribution in [0.25, 0.3) is 19.5 Å². The zero-order chi connectivity index (χ0) is 25.4. The van der Waals surface area contributed by atoms with Crippen LogP contribution in [0.15, 0.2) is 36.4 Å². The maximum Gasteiger partial charge on any atom is 0.172 e. The fourth-order valence-corrected chi connectivity index (χ4v) is 7.88. The van der Waals surface area contributed by atoms with Gasteiger partial charge in [0, 0.05) is 30.8 Å². The second-order valence-corrected chi connectivity index (χ2v) is 13.4. The summed E-state index contributed by atoms with van der Waals surface area (Å²) in [7, 11) is 0. The molecule has 0 aliphatic heterocycles. The molecule has 0 atom stereocenters. The van der Waals surface area contributed by atoms with Crippen LogP contribution < -0.4 is 0 Å². The third-order valence-corrected chi connectivity index (χ3v) is 10.7. The summed E-state index contributed by atoms with van der Waals surface area (Å²) in [6.45, 7) is 4.54. The van der Waals surface area contributed by atoms with E-state index < -0.39 is 0 Å². The number of Topliss-reactive ketones (excluding diaryl/α,β-unsaturated/α-hetero) is 1. The summed E-state index contributed by atoms with van der Waals surface area (Å²) >= 11 is 5.48. The van der Waals surface area contributed by atoms with E-state index in [1.165, 1.54) is 121 Å². The highest BCUT2D eigenvalue weighted by Crippen LogP contribution is 2.40. The van der Waals surface area contributed by atoms with Gasteiger partial charge in [-0.25, -0.2) is 0 Å². The van der Waals surface area contributed by atoms with Crippen LogP contribution in [0.1, 0.15) is 131 Å². The van der Waals surface area contributed by atoms with Crippen LogP contribution in [0.4, 0.5) is 0 Å². The van der Waals surface area contributed by atoms with Gasteiger partial charge in [0.25, 0.3) is 0 Å². The molecule has 3 aromatic heterocycles. The van der Waals surface area contributed by atoms with E-state index in [1.54, 1.807) is 11.3 Å². The van der Waals surface area contributed by atoms with E-state index in [9.17, 15) is 4.79 Å². The number of hydrogen-bond acceptors (Lipinski definition) is 4. The van der Waals surface area contributed by atoms with E-state index in [0.717, 1.165) is 11.3 Å². The zero-order valence-corrected chi connectivity index (χ0v) is 25.1. The van der Waals surface area contributed by atoms with E-state index >= 15 is 0 Å². The van der Waals surface area contributed by atoms with Gasteiger partial charge >= 0.3 is 0 Å². The predicted molar refractivity (Wildman–Crippen MR) is 164 cm³/mol. The van der Waals surface area contributed by atoms with Crippen LogP contribution in [0.3, 0.4) is 0 Å². The Morgan fingerprint density at radius 2 is 1.00 bits per heavy atom. The summed E-state index contributed by atoms with van der Waals surface area (Å²) in [4.78, 5) is 20.3. The van der Waals surface area contributed by atoms with Gasteiger partial charge in [-0.05, 0) is 55.7 Å². The average molecular weight is 543 g/mol. The van der Waals surface area contributed by atoms with Gasteiger partial charge in [-0.2, -0.15) is 0 Å². The standard InChI is InChI=1S/C32H46OS3/c1-3-5-7-9-11-13-14-16-18-26-20-21-29(34-26)30-24-25-32(36-30)31-23-22-28(35-31)27(33)19-17-15-12-10-8-6-4-2/h20-25H,3-19H2,1-2H3. The van der Waals surface area contributed by atoms with E-state index in [-0.39, 0.29) is 0 Å². The number of thiophene rings is 3. The van der Waals surface area contributed by atoms with E-state index in [2.05, 4.69) is 44.2 Å². The quantitative estimate of drug-likeness (QED) is 0.102. The lowest BCUT2D eigenvalue weighted by Gasteiger charge is -2.00. The highest BCUT2D eigenvalue weighted by molar-refractivity contribution is 7.26. The number of carbonyl (C=O) groups excluding carboxylic acids is 1. The van der Waals surface area contributed by atoms with Crippen molar-refractivity contribution in [2.24, 2.45) is 0 Å². The smallest absolute Gasteiger partial charge is 0.172 e. The van der Waals surface area contributed by atoms with Crippen molar-refractivity contribution in [3.63, 3.8) is 0 Å². The lowest BCUT2D eigenvalue weighted by Crippen LogP contribution is -1.95. The zero-order valence-electron chi connectivity index (χ0n) is 22.6. The van der Waals surface area contributed by atoms with Crippen LogP contribution in [0.2, 0.25) is 0 Å². The number of carbonyl (C=O) groups is 1. The summed E-state index contributed by atoms with van der Waals surface area (Å²) in [6.07, 6.45) is 21.7. The van der Waals surface area contributed by atoms with Gasteiger partial charge in [-0.3, -0.25) is 4.79 Å². The first kappa shape index (κ1) is 29.3. The molecule has 0 bridgehead atoms. The molecule has 0 aromatic carbocycles. The first-order valence-electron chi connectivity index (χ1n) is 14.5. The van der Waals surface area contributed by atoms with E-state index in [0.29, 0.717) is 12.2 Å². The molecule has 0 saturated carbocycles. The Kier molecular flexibility index (Phi) is 14.1. The molecule has 198 valence electrons. The fourth-order valence-electron chi connectivity index (χ4n) is 4.67. The number of unbranched alkanes of at least 4 members (excludes halogenated alkanes) is 13. The van der Waals surface area contributed by atoms with Crippen molar-refractivity contribution in [3.8, 4) is 19.5 Å². The monoisotopic (exact) mass is 542 g/mol. The minimum absolute atomic E-state index is 0.320. The molecule has 3 rings (SSSR count). The molecule has 0 radical (unpaired) electrons. The number of hydrogen-bond donors (Lipinski definition) is 0. The van der Waals surface area contributed by atoms with Crippen molar-refractivity contribution in [3.05, 3.63) is 46.2 Å². The van der Waals surface area contributed by atoms with Crippen molar-refractivity contribution < 1.29 is 4.79 Å². The second-order valence-electron chi connectivity index (χ2n) is 10.1. The molecule has 0 fully saturated rings. The van der Waals surface area contributed by atoms with E-state index in [1.807, 2.05) is 28.7 Å². The largest absolute Gasteiger partial charge is 0.293 e. The van der Waals surface area contributed by atoms with E-state index in [4.69, 9.17) is 0 Å². The van der Waals surface area contributed by atoms with Gasteiger partial charge in [-0.15, -0.1) is 34.0 Å². The number of rotatable bonds is 20. The molecule has 0 aliphatic rings. The first-order valence-corrected chi connectivity index (χ1v) is 17.0. The van der Waals surface area contributed by atoms with Crippen molar-refractivity contribution in [2.45, 2.75) is 123 Å². The SMILES string of the molecule is CCCCCCCCCCc1ccc(-c2ccc(-c3ccc(C(=O)CCCCCCCCC)s3)s2)s1. The molecule has 3 heterocycles. The lowest BCUT2D eigenvalue weighted by molar-refractivity contribution is 0.0983. The first-order chi connectivity index (χ1) is 17.7. The molecule has 1 nitrogen and oxygen atoms in total. The molecule has 3 aromatic rings. The normalized spacial score (nSPS) is 11.4. The Labute approximate surface area is 232 Å². The summed E-state index contributed by atoms with van der Waals surface area (Å²) < 4.78 is 0. The molecule has 0 saturated heterocycles. The molecular weight excluding hydrogens is 497 g/mol. The molecule has 0 aliphatic carbocycles. The van der Waals surface area contributed by atoms with Gasteiger partial charge in [0.1, 0.15) is 0 Å². The van der Waals surface area contributed by atoms with Crippen molar-refractivity contribution in [1.82, 2.24) is 0 Å². The van der Waals surface area contributed by atoms with Gasteiger partial charge in [0.15, 0.2) is 5.78 Å². The van der Waals surface area contributed by atoms with Crippen LogP contribution in [-0.4, -0.2) is 5.78 Å². The Hall–Kier alpha value is -1.23. The third-order valence-electron chi connectivity index (χ3n) is 6.92. The van der Waals surface area contributed by atoms with Crippen LogP contribution >= 0.6 is 34.0 Å². The van der Waals surface area contributed by atoms with Crippen LogP contribution in [0, 0.1) is 0 Å². The predicted octanol–water partition coefficient (Wildman–Crippen LogP) is 12.2. The molecule has 0 unspecified atom stereocenters. The third kappa shape index (κ3) is 10.3. The molecule has 0 spiro atoms. The number of aryl methyl sites for hydroxylation is 1. The summed E-state index contributed by atoms with van der Waals surface area (Å²) in [5.74, 6) is 0.320. The van der Waals surface area contributed by atoms with Crippen LogP contribution in [-0.2, 0) is 6.42 Å². The van der Waals surface area contributed by atoms with Crippen molar-refractivity contribution in [1.29, 1.82) is 0 Å². The molecule has 0 N–H and O–H groups in total. The van der Waals surface area contributed by atoms with Crippen LogP contribution in [0.5, 0.6) is 0 Å². The fraction of sp³-hybridized carbons (Fsp3) is 0.594. The van der Waals surface area contributed by atoms with Gasteiger partial charge in [-0.1, -0.05) is 97.3 Å². The Morgan fingerprint density at radius 3 is 1.64 bits per heavy atom. The van der Waals surface area contributed by atoms with Gasteiger partial charge in [0.2, 0.25) is 0 Å². The maximum absolute atomic E-state index is 12.7. The maximum atomic E-state index is 12.7.